The van der Waals surface area contributed by atoms with Crippen molar-refractivity contribution in [2.45, 2.75) is 13.8 Å². The molecular formula is C26H26O3. The standard InChI is InChI=1S/2C13H12O.H2O/c2*1-11-6-5-9-13(10-11)14-12-7-3-2-4-8-12;/h2*2-10H,1H3;1H2. The van der Waals surface area contributed by atoms with Crippen molar-refractivity contribution >= 4 is 0 Å². The van der Waals surface area contributed by atoms with Crippen LogP contribution in [0.15, 0.2) is 109 Å². The summed E-state index contributed by atoms with van der Waals surface area (Å²) >= 11 is 0. The fourth-order valence-electron chi connectivity index (χ4n) is 2.61. The summed E-state index contributed by atoms with van der Waals surface area (Å²) in [5.41, 5.74) is 2.41. The van der Waals surface area contributed by atoms with Gasteiger partial charge in [0.15, 0.2) is 0 Å². The van der Waals surface area contributed by atoms with Gasteiger partial charge in [-0.1, -0.05) is 60.7 Å². The summed E-state index contributed by atoms with van der Waals surface area (Å²) in [4.78, 5) is 0. The van der Waals surface area contributed by atoms with Gasteiger partial charge < -0.3 is 14.9 Å². The molecule has 0 saturated heterocycles. The van der Waals surface area contributed by atoms with Crippen LogP contribution in [-0.2, 0) is 0 Å². The van der Waals surface area contributed by atoms with Crippen LogP contribution in [0.4, 0.5) is 0 Å². The lowest BCUT2D eigenvalue weighted by molar-refractivity contribution is 0.482. The highest BCUT2D eigenvalue weighted by molar-refractivity contribution is 5.34. The minimum atomic E-state index is 0. The van der Waals surface area contributed by atoms with Crippen molar-refractivity contribution in [1.82, 2.24) is 0 Å². The van der Waals surface area contributed by atoms with Crippen molar-refractivity contribution in [3.63, 3.8) is 0 Å². The van der Waals surface area contributed by atoms with E-state index in [4.69, 9.17) is 9.47 Å². The Morgan fingerprint density at radius 1 is 0.414 bits per heavy atom. The molecule has 0 bridgehead atoms. The van der Waals surface area contributed by atoms with E-state index in [9.17, 15) is 0 Å². The molecule has 4 aromatic rings. The highest BCUT2D eigenvalue weighted by Gasteiger charge is 1.96. The van der Waals surface area contributed by atoms with Gasteiger partial charge in [-0.3, -0.25) is 0 Å². The molecule has 4 rings (SSSR count). The Labute approximate surface area is 172 Å². The Bertz CT molecular complexity index is 900. The third-order valence-corrected chi connectivity index (χ3v) is 3.94. The molecule has 0 saturated carbocycles. The molecule has 2 N–H and O–H groups in total. The van der Waals surface area contributed by atoms with Crippen molar-refractivity contribution < 1.29 is 14.9 Å². The number of hydrogen-bond donors (Lipinski definition) is 0. The zero-order chi connectivity index (χ0) is 19.6. The maximum atomic E-state index is 5.66. The minimum absolute atomic E-state index is 0. The summed E-state index contributed by atoms with van der Waals surface area (Å²) in [6.07, 6.45) is 0. The van der Waals surface area contributed by atoms with E-state index < -0.39 is 0 Å². The van der Waals surface area contributed by atoms with Gasteiger partial charge in [-0.05, 0) is 73.5 Å². The second-order valence-corrected chi connectivity index (χ2v) is 6.46. The van der Waals surface area contributed by atoms with Gasteiger partial charge in [0.25, 0.3) is 0 Å². The molecule has 29 heavy (non-hydrogen) atoms. The predicted molar refractivity (Wildman–Crippen MR) is 119 cm³/mol. The number of aryl methyl sites for hydroxylation is 2. The van der Waals surface area contributed by atoms with Crippen molar-refractivity contribution in [1.29, 1.82) is 0 Å². The van der Waals surface area contributed by atoms with Crippen LogP contribution < -0.4 is 9.47 Å². The van der Waals surface area contributed by atoms with E-state index in [1.54, 1.807) is 0 Å². The normalized spacial score (nSPS) is 9.45. The van der Waals surface area contributed by atoms with Gasteiger partial charge >= 0.3 is 0 Å². The van der Waals surface area contributed by atoms with E-state index >= 15 is 0 Å². The van der Waals surface area contributed by atoms with Crippen LogP contribution in [0.5, 0.6) is 23.0 Å². The van der Waals surface area contributed by atoms with Crippen LogP contribution in [0.25, 0.3) is 0 Å². The summed E-state index contributed by atoms with van der Waals surface area (Å²) in [7, 11) is 0. The largest absolute Gasteiger partial charge is 0.457 e. The van der Waals surface area contributed by atoms with Crippen LogP contribution in [0, 0.1) is 13.8 Å². The van der Waals surface area contributed by atoms with Crippen LogP contribution in [0.2, 0.25) is 0 Å². The van der Waals surface area contributed by atoms with Gasteiger partial charge in [-0.15, -0.1) is 0 Å². The molecule has 0 amide bonds. The predicted octanol–water partition coefficient (Wildman–Crippen LogP) is 6.75. The molecule has 0 atom stereocenters. The maximum Gasteiger partial charge on any atom is 0.127 e. The van der Waals surface area contributed by atoms with Crippen LogP contribution >= 0.6 is 0 Å². The highest BCUT2D eigenvalue weighted by Crippen LogP contribution is 2.22. The van der Waals surface area contributed by atoms with Gasteiger partial charge in [0.2, 0.25) is 0 Å². The Morgan fingerprint density at radius 2 is 0.759 bits per heavy atom. The molecule has 0 aromatic heterocycles. The lowest BCUT2D eigenvalue weighted by atomic mass is 10.2. The van der Waals surface area contributed by atoms with E-state index in [1.165, 1.54) is 11.1 Å². The van der Waals surface area contributed by atoms with E-state index in [0.29, 0.717) is 0 Å². The second-order valence-electron chi connectivity index (χ2n) is 6.46. The summed E-state index contributed by atoms with van der Waals surface area (Å²) in [6.45, 7) is 4.11. The van der Waals surface area contributed by atoms with E-state index in [-0.39, 0.29) is 5.48 Å². The SMILES string of the molecule is Cc1cccc(Oc2ccccc2)c1.Cc1cccc(Oc2ccccc2)c1.O. The number of ether oxygens (including phenoxy) is 2. The van der Waals surface area contributed by atoms with Crippen molar-refractivity contribution in [3.05, 3.63) is 120 Å². The lowest BCUT2D eigenvalue weighted by Crippen LogP contribution is -1.83. The molecule has 0 fully saturated rings. The Morgan fingerprint density at radius 3 is 1.10 bits per heavy atom. The fourth-order valence-corrected chi connectivity index (χ4v) is 2.61. The topological polar surface area (TPSA) is 50.0 Å². The molecule has 0 radical (unpaired) electrons. The van der Waals surface area contributed by atoms with Gasteiger partial charge in [0.05, 0.1) is 0 Å². The smallest absolute Gasteiger partial charge is 0.127 e. The summed E-state index contributed by atoms with van der Waals surface area (Å²) in [6, 6.07) is 35.6. The number of benzene rings is 4. The average Bonchev–Trinajstić information content (AvgIpc) is 2.70. The Balaban J connectivity index is 0.000000200. The molecule has 3 nitrogen and oxygen atoms in total. The first kappa shape index (κ1) is 21.7. The van der Waals surface area contributed by atoms with Gasteiger partial charge in [0, 0.05) is 0 Å². The highest BCUT2D eigenvalue weighted by atomic mass is 16.5. The van der Waals surface area contributed by atoms with Gasteiger partial charge in [-0.25, -0.2) is 0 Å². The molecule has 3 heteroatoms. The van der Waals surface area contributed by atoms with Gasteiger partial charge in [0.1, 0.15) is 23.0 Å². The van der Waals surface area contributed by atoms with E-state index in [1.807, 2.05) is 97.1 Å². The van der Waals surface area contributed by atoms with E-state index in [2.05, 4.69) is 26.0 Å². The van der Waals surface area contributed by atoms with Crippen molar-refractivity contribution in [2.75, 3.05) is 0 Å². The molecule has 0 aliphatic carbocycles. The number of hydrogen-bond acceptors (Lipinski definition) is 2. The molecule has 148 valence electrons. The first-order valence-corrected chi connectivity index (χ1v) is 9.28. The minimum Gasteiger partial charge on any atom is -0.457 e. The zero-order valence-electron chi connectivity index (χ0n) is 16.7. The van der Waals surface area contributed by atoms with Crippen molar-refractivity contribution in [3.8, 4) is 23.0 Å². The quantitative estimate of drug-likeness (QED) is 0.389. The average molecular weight is 386 g/mol. The summed E-state index contributed by atoms with van der Waals surface area (Å²) in [5.74, 6) is 3.52. The van der Waals surface area contributed by atoms with Crippen molar-refractivity contribution in [2.24, 2.45) is 0 Å². The first-order valence-electron chi connectivity index (χ1n) is 9.28. The first-order chi connectivity index (χ1) is 13.7. The van der Waals surface area contributed by atoms with Gasteiger partial charge in [-0.2, -0.15) is 0 Å². The molecule has 0 spiro atoms. The lowest BCUT2D eigenvalue weighted by Gasteiger charge is -2.05. The second kappa shape index (κ2) is 11.3. The fraction of sp³-hybridized carbons (Fsp3) is 0.0769. The molecule has 0 heterocycles. The van der Waals surface area contributed by atoms with Crippen LogP contribution in [-0.4, -0.2) is 5.48 Å². The third kappa shape index (κ3) is 7.53. The third-order valence-electron chi connectivity index (χ3n) is 3.94. The molecular weight excluding hydrogens is 360 g/mol. The number of rotatable bonds is 4. The summed E-state index contributed by atoms with van der Waals surface area (Å²) < 4.78 is 11.3. The molecule has 0 aliphatic heterocycles. The molecule has 4 aromatic carbocycles. The zero-order valence-corrected chi connectivity index (χ0v) is 16.7. The maximum absolute atomic E-state index is 5.66. The Hall–Kier alpha value is -3.56. The Kier molecular flexibility index (Phi) is 8.49. The number of para-hydroxylation sites is 2. The van der Waals surface area contributed by atoms with Crippen LogP contribution in [0.1, 0.15) is 11.1 Å². The molecule has 0 aliphatic rings. The molecule has 0 unspecified atom stereocenters. The monoisotopic (exact) mass is 386 g/mol. The summed E-state index contributed by atoms with van der Waals surface area (Å²) in [5, 5.41) is 0. The van der Waals surface area contributed by atoms with Crippen LogP contribution in [0.3, 0.4) is 0 Å². The van der Waals surface area contributed by atoms with E-state index in [0.717, 1.165) is 23.0 Å².